The SMILES string of the molecule is Nc1cc(Br)c(C=O)cc1[N+](=O)[O-]. The molecule has 0 fully saturated rings. The summed E-state index contributed by atoms with van der Waals surface area (Å²) in [5, 5.41) is 10.4. The van der Waals surface area contributed by atoms with E-state index in [2.05, 4.69) is 15.9 Å². The highest BCUT2D eigenvalue weighted by atomic mass is 79.9. The molecule has 1 rings (SSSR count). The predicted molar refractivity (Wildman–Crippen MR) is 50.6 cm³/mol. The Morgan fingerprint density at radius 3 is 2.62 bits per heavy atom. The molecule has 0 radical (unpaired) electrons. The molecule has 0 aliphatic carbocycles. The molecule has 5 nitrogen and oxygen atoms in total. The van der Waals surface area contributed by atoms with Gasteiger partial charge in [-0.25, -0.2) is 0 Å². The van der Waals surface area contributed by atoms with Crippen LogP contribution < -0.4 is 5.73 Å². The van der Waals surface area contributed by atoms with Crippen molar-refractivity contribution in [2.24, 2.45) is 0 Å². The zero-order valence-electron chi connectivity index (χ0n) is 6.36. The van der Waals surface area contributed by atoms with Gasteiger partial charge >= 0.3 is 0 Å². The first-order chi connectivity index (χ1) is 6.06. The highest BCUT2D eigenvalue weighted by Crippen LogP contribution is 2.27. The molecule has 2 N–H and O–H groups in total. The molecule has 68 valence electrons. The Kier molecular flexibility index (Phi) is 2.62. The van der Waals surface area contributed by atoms with E-state index in [4.69, 9.17) is 5.73 Å². The number of nitro benzene ring substituents is 1. The maximum Gasteiger partial charge on any atom is 0.292 e. The van der Waals surface area contributed by atoms with Crippen LogP contribution in [0, 0.1) is 10.1 Å². The van der Waals surface area contributed by atoms with Crippen LogP contribution in [0.1, 0.15) is 10.4 Å². The fraction of sp³-hybridized carbons (Fsp3) is 0. The lowest BCUT2D eigenvalue weighted by atomic mass is 10.2. The highest BCUT2D eigenvalue weighted by molar-refractivity contribution is 9.10. The number of nitrogens with zero attached hydrogens (tertiary/aromatic N) is 1. The Bertz CT molecular complexity index is 378. The summed E-state index contributed by atoms with van der Waals surface area (Å²) in [5.74, 6) is 0. The van der Waals surface area contributed by atoms with Gasteiger partial charge in [-0.15, -0.1) is 0 Å². The van der Waals surface area contributed by atoms with E-state index in [9.17, 15) is 14.9 Å². The van der Waals surface area contributed by atoms with Crippen molar-refractivity contribution in [2.45, 2.75) is 0 Å². The number of benzene rings is 1. The van der Waals surface area contributed by atoms with Crippen LogP contribution in [0.3, 0.4) is 0 Å². The number of anilines is 1. The van der Waals surface area contributed by atoms with Gasteiger partial charge in [0.15, 0.2) is 6.29 Å². The highest BCUT2D eigenvalue weighted by Gasteiger charge is 2.14. The largest absolute Gasteiger partial charge is 0.393 e. The first-order valence-electron chi connectivity index (χ1n) is 3.25. The average Bonchev–Trinajstić information content (AvgIpc) is 2.03. The van der Waals surface area contributed by atoms with Gasteiger partial charge in [0.2, 0.25) is 0 Å². The summed E-state index contributed by atoms with van der Waals surface area (Å²) in [7, 11) is 0. The van der Waals surface area contributed by atoms with Gasteiger partial charge in [0, 0.05) is 16.1 Å². The Morgan fingerprint density at radius 1 is 1.54 bits per heavy atom. The number of hydrogen-bond donors (Lipinski definition) is 1. The van der Waals surface area contributed by atoms with Crippen molar-refractivity contribution in [1.82, 2.24) is 0 Å². The van der Waals surface area contributed by atoms with Crippen molar-refractivity contribution in [1.29, 1.82) is 0 Å². The fourth-order valence-electron chi connectivity index (χ4n) is 0.842. The van der Waals surface area contributed by atoms with Crippen molar-refractivity contribution >= 4 is 33.6 Å². The van der Waals surface area contributed by atoms with E-state index in [1.54, 1.807) is 0 Å². The normalized spacial score (nSPS) is 9.62. The van der Waals surface area contributed by atoms with Gasteiger partial charge in [-0.2, -0.15) is 0 Å². The molecule has 0 unspecified atom stereocenters. The maximum atomic E-state index is 10.4. The molecule has 0 spiro atoms. The summed E-state index contributed by atoms with van der Waals surface area (Å²) < 4.78 is 0.450. The quantitative estimate of drug-likeness (QED) is 0.372. The van der Waals surface area contributed by atoms with E-state index in [1.165, 1.54) is 6.07 Å². The van der Waals surface area contributed by atoms with Crippen LogP contribution in [0.5, 0.6) is 0 Å². The standard InChI is InChI=1S/C7H5BrN2O3/c8-5-2-6(9)7(10(12)13)1-4(5)3-11/h1-3H,9H2. The van der Waals surface area contributed by atoms with Crippen molar-refractivity contribution < 1.29 is 9.72 Å². The third kappa shape index (κ3) is 1.83. The average molecular weight is 245 g/mol. The first-order valence-corrected chi connectivity index (χ1v) is 4.04. The Labute approximate surface area is 81.8 Å². The van der Waals surface area contributed by atoms with Crippen molar-refractivity contribution in [2.75, 3.05) is 5.73 Å². The number of halogens is 1. The number of carbonyl (C=O) groups excluding carboxylic acids is 1. The van der Waals surface area contributed by atoms with Gasteiger partial charge in [-0.05, 0) is 22.0 Å². The minimum atomic E-state index is -0.630. The van der Waals surface area contributed by atoms with Gasteiger partial charge in [-0.1, -0.05) is 0 Å². The molecule has 0 atom stereocenters. The minimum absolute atomic E-state index is 0.0301. The zero-order valence-corrected chi connectivity index (χ0v) is 7.95. The summed E-state index contributed by atoms with van der Waals surface area (Å²) in [6, 6.07) is 2.47. The number of aldehydes is 1. The number of nitrogen functional groups attached to an aromatic ring is 1. The third-order valence-corrected chi connectivity index (χ3v) is 2.16. The van der Waals surface area contributed by atoms with Crippen LogP contribution in [-0.2, 0) is 0 Å². The van der Waals surface area contributed by atoms with Gasteiger partial charge in [-0.3, -0.25) is 14.9 Å². The molecule has 0 amide bonds. The Morgan fingerprint density at radius 2 is 2.15 bits per heavy atom. The number of hydrogen-bond acceptors (Lipinski definition) is 4. The van der Waals surface area contributed by atoms with Crippen molar-refractivity contribution in [3.8, 4) is 0 Å². The second-order valence-electron chi connectivity index (χ2n) is 2.31. The lowest BCUT2D eigenvalue weighted by Crippen LogP contribution is -1.97. The number of nitro groups is 1. The first kappa shape index (κ1) is 9.66. The summed E-state index contributed by atoms with van der Waals surface area (Å²) in [4.78, 5) is 20.2. The molecule has 0 aliphatic rings. The fourth-order valence-corrected chi connectivity index (χ4v) is 1.30. The van der Waals surface area contributed by atoms with Crippen LogP contribution in [-0.4, -0.2) is 11.2 Å². The maximum absolute atomic E-state index is 10.4. The zero-order chi connectivity index (χ0) is 10.0. The van der Waals surface area contributed by atoms with E-state index in [0.29, 0.717) is 10.8 Å². The molecule has 0 bridgehead atoms. The minimum Gasteiger partial charge on any atom is -0.393 e. The van der Waals surface area contributed by atoms with Crippen LogP contribution in [0.25, 0.3) is 0 Å². The summed E-state index contributed by atoms with van der Waals surface area (Å²) in [6.07, 6.45) is 0.524. The van der Waals surface area contributed by atoms with Gasteiger partial charge in [0.1, 0.15) is 5.69 Å². The molecule has 0 aliphatic heterocycles. The molecule has 6 heteroatoms. The topological polar surface area (TPSA) is 86.2 Å². The molecule has 0 saturated carbocycles. The summed E-state index contributed by atoms with van der Waals surface area (Å²) >= 11 is 3.06. The second kappa shape index (κ2) is 3.53. The van der Waals surface area contributed by atoms with E-state index < -0.39 is 4.92 Å². The molecule has 13 heavy (non-hydrogen) atoms. The van der Waals surface area contributed by atoms with Crippen LogP contribution in [0.2, 0.25) is 0 Å². The lowest BCUT2D eigenvalue weighted by Gasteiger charge is -1.99. The Balaban J connectivity index is 3.38. The monoisotopic (exact) mass is 244 g/mol. The Hall–Kier alpha value is -1.43. The number of nitrogens with two attached hydrogens (primary N) is 1. The molecule has 0 aromatic heterocycles. The molecular formula is C7H5BrN2O3. The number of carbonyl (C=O) groups is 1. The van der Waals surface area contributed by atoms with Crippen LogP contribution in [0.15, 0.2) is 16.6 Å². The van der Waals surface area contributed by atoms with Crippen LogP contribution in [0.4, 0.5) is 11.4 Å². The molecule has 1 aromatic rings. The lowest BCUT2D eigenvalue weighted by molar-refractivity contribution is -0.383. The molecular weight excluding hydrogens is 240 g/mol. The summed E-state index contributed by atoms with van der Waals surface area (Å²) in [6.45, 7) is 0. The van der Waals surface area contributed by atoms with Crippen LogP contribution >= 0.6 is 15.9 Å². The van der Waals surface area contributed by atoms with E-state index in [0.717, 1.165) is 6.07 Å². The second-order valence-corrected chi connectivity index (χ2v) is 3.16. The molecule has 0 saturated heterocycles. The molecule has 0 heterocycles. The van der Waals surface area contributed by atoms with Gasteiger partial charge < -0.3 is 5.73 Å². The third-order valence-electron chi connectivity index (χ3n) is 1.47. The molecule has 1 aromatic carbocycles. The number of rotatable bonds is 2. The van der Waals surface area contributed by atoms with Gasteiger partial charge in [0.05, 0.1) is 4.92 Å². The van der Waals surface area contributed by atoms with Crippen molar-refractivity contribution in [3.05, 3.63) is 32.3 Å². The summed E-state index contributed by atoms with van der Waals surface area (Å²) in [5.41, 5.74) is 5.34. The van der Waals surface area contributed by atoms with Gasteiger partial charge in [0.25, 0.3) is 5.69 Å². The van der Waals surface area contributed by atoms with E-state index >= 15 is 0 Å². The predicted octanol–water partition coefficient (Wildman–Crippen LogP) is 1.75. The smallest absolute Gasteiger partial charge is 0.292 e. The van der Waals surface area contributed by atoms with E-state index in [-0.39, 0.29) is 16.9 Å². The van der Waals surface area contributed by atoms with E-state index in [1.807, 2.05) is 0 Å². The van der Waals surface area contributed by atoms with Crippen molar-refractivity contribution in [3.63, 3.8) is 0 Å².